The number of carbonyl (C=O) groups is 4. The summed E-state index contributed by atoms with van der Waals surface area (Å²) in [5.74, 6) is -2.12. The van der Waals surface area contributed by atoms with Crippen molar-refractivity contribution in [1.29, 1.82) is 0 Å². The van der Waals surface area contributed by atoms with Crippen LogP contribution >= 0.6 is 23.2 Å². The Balaban J connectivity index is 1.48. The fourth-order valence-corrected chi connectivity index (χ4v) is 5.18. The number of anilines is 2. The normalized spacial score (nSPS) is 12.6. The highest BCUT2D eigenvalue weighted by Crippen LogP contribution is 2.37. The van der Waals surface area contributed by atoms with Crippen LogP contribution in [0.2, 0.25) is 10.0 Å². The average molecular weight is 686 g/mol. The van der Waals surface area contributed by atoms with Crippen LogP contribution in [0.25, 0.3) is 11.1 Å². The van der Waals surface area contributed by atoms with E-state index in [4.69, 9.17) is 23.2 Å². The molecule has 0 bridgehead atoms. The van der Waals surface area contributed by atoms with Gasteiger partial charge in [-0.25, -0.2) is 0 Å². The van der Waals surface area contributed by atoms with Gasteiger partial charge in [0.1, 0.15) is 0 Å². The summed E-state index contributed by atoms with van der Waals surface area (Å²) in [5, 5.41) is 22.3. The van der Waals surface area contributed by atoms with E-state index in [2.05, 4.69) is 31.1 Å². The molecule has 0 aromatic heterocycles. The molecule has 2 amide bonds. The molecule has 0 radical (unpaired) electrons. The topological polar surface area (TPSA) is 142 Å². The minimum absolute atomic E-state index is 0.293. The number of aryl methyl sites for hydroxylation is 2. The van der Waals surface area contributed by atoms with Crippen LogP contribution < -0.4 is 10.6 Å². The van der Waals surface area contributed by atoms with Crippen molar-refractivity contribution in [3.63, 3.8) is 0 Å². The van der Waals surface area contributed by atoms with Gasteiger partial charge >= 0.3 is 0 Å². The molecule has 0 aliphatic rings. The second-order valence-electron chi connectivity index (χ2n) is 11.3. The molecule has 2 unspecified atom stereocenters. The van der Waals surface area contributed by atoms with Crippen molar-refractivity contribution in [1.82, 2.24) is 0 Å². The lowest BCUT2D eigenvalue weighted by Gasteiger charge is -2.13. The fourth-order valence-electron chi connectivity index (χ4n) is 4.63. The number of azo groups is 2. The summed E-state index contributed by atoms with van der Waals surface area (Å²) >= 11 is 13.2. The van der Waals surface area contributed by atoms with Crippen LogP contribution in [0.4, 0.5) is 22.7 Å². The Morgan fingerprint density at radius 3 is 1.29 bits per heavy atom. The third kappa shape index (κ3) is 8.64. The van der Waals surface area contributed by atoms with Crippen LogP contribution in [0.1, 0.15) is 36.1 Å². The Labute approximate surface area is 288 Å². The van der Waals surface area contributed by atoms with Gasteiger partial charge in [-0.2, -0.15) is 20.5 Å². The van der Waals surface area contributed by atoms with Crippen molar-refractivity contribution >= 4 is 69.3 Å². The van der Waals surface area contributed by atoms with Gasteiger partial charge in [0.25, 0.3) is 11.8 Å². The highest BCUT2D eigenvalue weighted by Gasteiger charge is 2.25. The van der Waals surface area contributed by atoms with E-state index in [1.54, 1.807) is 36.4 Å². The Morgan fingerprint density at radius 2 is 0.958 bits per heavy atom. The Morgan fingerprint density at radius 1 is 0.583 bits per heavy atom. The molecule has 0 spiro atoms. The van der Waals surface area contributed by atoms with Gasteiger partial charge in [-0.05, 0) is 100 Å². The molecule has 0 aliphatic heterocycles. The summed E-state index contributed by atoms with van der Waals surface area (Å²) in [5.41, 5.74) is 6.76. The summed E-state index contributed by atoms with van der Waals surface area (Å²) in [6.07, 6.45) is 0. The van der Waals surface area contributed by atoms with E-state index in [0.717, 1.165) is 22.3 Å². The van der Waals surface area contributed by atoms with Crippen molar-refractivity contribution in [3.05, 3.63) is 105 Å². The van der Waals surface area contributed by atoms with Crippen LogP contribution in [-0.4, -0.2) is 35.5 Å². The predicted molar refractivity (Wildman–Crippen MR) is 189 cm³/mol. The summed E-state index contributed by atoms with van der Waals surface area (Å²) in [7, 11) is 0. The van der Waals surface area contributed by atoms with Gasteiger partial charge in [0, 0.05) is 22.5 Å². The van der Waals surface area contributed by atoms with E-state index < -0.39 is 35.5 Å². The van der Waals surface area contributed by atoms with Gasteiger partial charge in [-0.15, -0.1) is 0 Å². The zero-order chi connectivity index (χ0) is 35.1. The second-order valence-corrected chi connectivity index (χ2v) is 12.1. The molecular formula is C36H34Cl2N6O4. The molecule has 48 heavy (non-hydrogen) atoms. The molecule has 4 aromatic carbocycles. The van der Waals surface area contributed by atoms with Gasteiger partial charge in [0.2, 0.25) is 12.1 Å². The highest BCUT2D eigenvalue weighted by atomic mass is 35.5. The molecule has 0 saturated carbocycles. The number of amides is 2. The minimum Gasteiger partial charge on any atom is -0.324 e. The number of Topliss-reactive ketones (excluding diaryl/α,β-unsaturated/α-hetero) is 2. The SMILES string of the molecule is CC(=O)C(N=Nc1ccc(-c2ccc(N=NC(C(C)=O)C(=O)Nc3cccc(C)c3C)cc2Cl)c(Cl)c1)C(=O)Nc1cccc(C)c1C. The summed E-state index contributed by atoms with van der Waals surface area (Å²) in [6, 6.07) is 18.0. The first kappa shape index (κ1) is 35.8. The molecule has 4 rings (SSSR count). The van der Waals surface area contributed by atoms with Crippen LogP contribution in [0.15, 0.2) is 93.3 Å². The summed E-state index contributed by atoms with van der Waals surface area (Å²) in [4.78, 5) is 50.3. The van der Waals surface area contributed by atoms with E-state index in [1.807, 2.05) is 52.0 Å². The Hall–Kier alpha value is -5.06. The maximum atomic E-state index is 12.9. The molecule has 0 fully saturated rings. The van der Waals surface area contributed by atoms with Crippen molar-refractivity contribution in [2.24, 2.45) is 20.5 Å². The predicted octanol–water partition coefficient (Wildman–Crippen LogP) is 9.25. The minimum atomic E-state index is -1.35. The number of nitrogens with one attached hydrogen (secondary N) is 2. The number of benzene rings is 4. The molecule has 0 heterocycles. The Bertz CT molecular complexity index is 1830. The number of halogens is 2. The van der Waals surface area contributed by atoms with Crippen molar-refractivity contribution < 1.29 is 19.2 Å². The van der Waals surface area contributed by atoms with Gasteiger partial charge in [0.15, 0.2) is 11.6 Å². The number of hydrogen-bond donors (Lipinski definition) is 2. The van der Waals surface area contributed by atoms with Gasteiger partial charge < -0.3 is 10.6 Å². The van der Waals surface area contributed by atoms with Crippen LogP contribution in [0, 0.1) is 27.7 Å². The van der Waals surface area contributed by atoms with Gasteiger partial charge in [0.05, 0.1) is 21.4 Å². The van der Waals surface area contributed by atoms with E-state index >= 15 is 0 Å². The van der Waals surface area contributed by atoms with E-state index in [1.165, 1.54) is 26.0 Å². The zero-order valence-electron chi connectivity index (χ0n) is 27.3. The molecule has 246 valence electrons. The maximum absolute atomic E-state index is 12.9. The summed E-state index contributed by atoms with van der Waals surface area (Å²) in [6.45, 7) is 10.2. The van der Waals surface area contributed by atoms with Crippen molar-refractivity contribution in [2.75, 3.05) is 10.6 Å². The number of hydrogen-bond acceptors (Lipinski definition) is 8. The molecule has 4 aromatic rings. The van der Waals surface area contributed by atoms with Crippen molar-refractivity contribution in [2.45, 2.75) is 53.6 Å². The first-order valence-corrected chi connectivity index (χ1v) is 15.7. The van der Waals surface area contributed by atoms with Gasteiger partial charge in [-0.1, -0.05) is 59.6 Å². The molecular weight excluding hydrogens is 651 g/mol. The monoisotopic (exact) mass is 684 g/mol. The van der Waals surface area contributed by atoms with E-state index in [-0.39, 0.29) is 0 Å². The Kier molecular flexibility index (Phi) is 11.7. The van der Waals surface area contributed by atoms with Gasteiger partial charge in [-0.3, -0.25) is 19.2 Å². The molecule has 10 nitrogen and oxygen atoms in total. The van der Waals surface area contributed by atoms with E-state index in [9.17, 15) is 19.2 Å². The lowest BCUT2D eigenvalue weighted by atomic mass is 10.0. The fraction of sp³-hybridized carbons (Fsp3) is 0.222. The first-order valence-electron chi connectivity index (χ1n) is 14.9. The maximum Gasteiger partial charge on any atom is 0.258 e. The van der Waals surface area contributed by atoms with Crippen LogP contribution in [0.3, 0.4) is 0 Å². The van der Waals surface area contributed by atoms with Crippen LogP contribution in [-0.2, 0) is 19.2 Å². The molecule has 2 N–H and O–H groups in total. The number of ketones is 2. The average Bonchev–Trinajstić information content (AvgIpc) is 3.02. The lowest BCUT2D eigenvalue weighted by molar-refractivity contribution is -0.127. The number of carbonyl (C=O) groups excluding carboxylic acids is 4. The lowest BCUT2D eigenvalue weighted by Crippen LogP contribution is -2.32. The zero-order valence-corrected chi connectivity index (χ0v) is 28.8. The molecule has 2 atom stereocenters. The quantitative estimate of drug-likeness (QED) is 0.120. The largest absolute Gasteiger partial charge is 0.324 e. The molecule has 0 aliphatic carbocycles. The standard InChI is InChI=1S/C36H34Cl2N6O4/c1-19-9-7-11-31(21(19)3)39-35(47)33(23(5)45)43-41-25-13-15-27(29(37)17-25)28-16-14-26(18-30(28)38)42-44-34(24(6)46)36(48)40-32-12-8-10-20(2)22(32)4/h7-18,33-34H,1-6H3,(H,39,47)(H,40,48). The molecule has 12 heteroatoms. The number of nitrogens with zero attached hydrogens (tertiary/aromatic N) is 4. The smallest absolute Gasteiger partial charge is 0.258 e. The summed E-state index contributed by atoms with van der Waals surface area (Å²) < 4.78 is 0. The van der Waals surface area contributed by atoms with Crippen LogP contribution in [0.5, 0.6) is 0 Å². The highest BCUT2D eigenvalue weighted by molar-refractivity contribution is 6.36. The first-order chi connectivity index (χ1) is 22.8. The third-order valence-electron chi connectivity index (χ3n) is 7.76. The second kappa shape index (κ2) is 15.7. The third-order valence-corrected chi connectivity index (χ3v) is 8.39. The van der Waals surface area contributed by atoms with Crippen molar-refractivity contribution in [3.8, 4) is 11.1 Å². The van der Waals surface area contributed by atoms with E-state index in [0.29, 0.717) is 43.9 Å². The molecule has 0 saturated heterocycles. The number of rotatable bonds is 11.